The number of rotatable bonds is 5. The van der Waals surface area contributed by atoms with Crippen molar-refractivity contribution in [1.29, 1.82) is 0 Å². The molecule has 2 amide bonds. The van der Waals surface area contributed by atoms with Gasteiger partial charge in [-0.1, -0.05) is 18.2 Å². The lowest BCUT2D eigenvalue weighted by atomic mass is 10.0. The molecule has 0 radical (unpaired) electrons. The fourth-order valence-corrected chi connectivity index (χ4v) is 3.73. The Morgan fingerprint density at radius 2 is 1.68 bits per heavy atom. The molecule has 2 aromatic carbocycles. The minimum absolute atomic E-state index is 0.00942. The first-order chi connectivity index (χ1) is 15.9. The number of nitrogens with zero attached hydrogens (tertiary/aromatic N) is 1. The number of carbonyl (C=O) groups is 2. The Labute approximate surface area is 197 Å². The molecule has 0 bridgehead atoms. The Kier molecular flexibility index (Phi) is 7.86. The molecule has 0 unspecified atom stereocenters. The largest absolute Gasteiger partial charge is 0.444 e. The van der Waals surface area contributed by atoms with Gasteiger partial charge in [-0.3, -0.25) is 15.0 Å². The number of carbonyl (C=O) groups excluding carboxylic acids is 2. The number of likely N-dealkylation sites (tertiary alicyclic amines) is 1. The second kappa shape index (κ2) is 10.5. The van der Waals surface area contributed by atoms with Crippen LogP contribution in [0.15, 0.2) is 48.5 Å². The second-order valence-corrected chi connectivity index (χ2v) is 9.43. The quantitative estimate of drug-likeness (QED) is 0.601. The van der Waals surface area contributed by atoms with Crippen LogP contribution in [-0.4, -0.2) is 41.6 Å². The summed E-state index contributed by atoms with van der Waals surface area (Å²) in [6.45, 7) is 7.12. The van der Waals surface area contributed by atoms with E-state index in [2.05, 4.69) is 15.5 Å². The third kappa shape index (κ3) is 7.76. The van der Waals surface area contributed by atoms with Gasteiger partial charge >= 0.3 is 12.3 Å². The summed E-state index contributed by atoms with van der Waals surface area (Å²) in [5, 5.41) is 5.64. The molecule has 0 aromatic heterocycles. The molecule has 0 saturated carbocycles. The molecule has 1 heterocycles. The maximum absolute atomic E-state index is 12.9. The molecule has 2 N–H and O–H groups in total. The SMILES string of the molecule is CC(C)(C)OC(=O)Nc1ccc(C(=O)NC2CCN(Cc3cccc(C(F)(F)F)c3)CC2)cc1. The average Bonchev–Trinajstić information content (AvgIpc) is 2.74. The van der Waals surface area contributed by atoms with Crippen molar-refractivity contribution >= 4 is 17.7 Å². The van der Waals surface area contributed by atoms with Gasteiger partial charge in [0.1, 0.15) is 5.60 Å². The first-order valence-corrected chi connectivity index (χ1v) is 11.2. The van der Waals surface area contributed by atoms with Gasteiger partial charge in [-0.05, 0) is 69.5 Å². The molecule has 6 nitrogen and oxygen atoms in total. The molecule has 184 valence electrons. The van der Waals surface area contributed by atoms with Crippen LogP contribution in [0.3, 0.4) is 0 Å². The minimum atomic E-state index is -4.35. The standard InChI is InChI=1S/C25H30F3N3O3/c1-24(2,3)34-23(33)30-20-9-7-18(8-10-20)22(32)29-21-11-13-31(14-12-21)16-17-5-4-6-19(15-17)25(26,27)28/h4-10,15,21H,11-14,16H2,1-3H3,(H,29,32)(H,30,33). The molecule has 34 heavy (non-hydrogen) atoms. The number of alkyl halides is 3. The second-order valence-electron chi connectivity index (χ2n) is 9.43. The summed E-state index contributed by atoms with van der Waals surface area (Å²) in [7, 11) is 0. The summed E-state index contributed by atoms with van der Waals surface area (Å²) in [5.41, 5.74) is 0.374. The Morgan fingerprint density at radius 1 is 1.03 bits per heavy atom. The lowest BCUT2D eigenvalue weighted by molar-refractivity contribution is -0.137. The lowest BCUT2D eigenvalue weighted by Gasteiger charge is -2.32. The monoisotopic (exact) mass is 477 g/mol. The average molecular weight is 478 g/mol. The van der Waals surface area contributed by atoms with E-state index in [4.69, 9.17) is 4.74 Å². The van der Waals surface area contributed by atoms with Crippen molar-refractivity contribution in [3.63, 3.8) is 0 Å². The lowest BCUT2D eigenvalue weighted by Crippen LogP contribution is -2.44. The first-order valence-electron chi connectivity index (χ1n) is 11.2. The van der Waals surface area contributed by atoms with Crippen molar-refractivity contribution < 1.29 is 27.5 Å². The fourth-order valence-electron chi connectivity index (χ4n) is 3.73. The van der Waals surface area contributed by atoms with Crippen LogP contribution in [-0.2, 0) is 17.5 Å². The molecule has 0 atom stereocenters. The van der Waals surface area contributed by atoms with Gasteiger partial charge in [0, 0.05) is 36.9 Å². The predicted octanol–water partition coefficient (Wildman–Crippen LogP) is 5.45. The minimum Gasteiger partial charge on any atom is -0.444 e. The van der Waals surface area contributed by atoms with Crippen molar-refractivity contribution in [2.45, 2.75) is 58.0 Å². The van der Waals surface area contributed by atoms with Crippen LogP contribution in [0, 0.1) is 0 Å². The Bertz CT molecular complexity index is 993. The highest BCUT2D eigenvalue weighted by atomic mass is 19.4. The normalized spacial score (nSPS) is 15.6. The van der Waals surface area contributed by atoms with E-state index in [1.807, 2.05) is 0 Å². The van der Waals surface area contributed by atoms with Gasteiger partial charge in [-0.2, -0.15) is 13.2 Å². The number of nitrogens with one attached hydrogen (secondary N) is 2. The van der Waals surface area contributed by atoms with E-state index in [9.17, 15) is 22.8 Å². The number of benzene rings is 2. The van der Waals surface area contributed by atoms with Crippen LogP contribution in [0.5, 0.6) is 0 Å². The van der Waals surface area contributed by atoms with E-state index in [0.29, 0.717) is 49.3 Å². The molecule has 9 heteroatoms. The molecule has 1 fully saturated rings. The number of amides is 2. The van der Waals surface area contributed by atoms with Crippen molar-refractivity contribution in [1.82, 2.24) is 10.2 Å². The topological polar surface area (TPSA) is 70.7 Å². The third-order valence-electron chi connectivity index (χ3n) is 5.38. The van der Waals surface area contributed by atoms with Crippen LogP contribution >= 0.6 is 0 Å². The van der Waals surface area contributed by atoms with E-state index < -0.39 is 23.4 Å². The van der Waals surface area contributed by atoms with Gasteiger partial charge in [0.2, 0.25) is 0 Å². The molecule has 1 aliphatic heterocycles. The van der Waals surface area contributed by atoms with Crippen LogP contribution in [0.4, 0.5) is 23.7 Å². The fraction of sp³-hybridized carbons (Fsp3) is 0.440. The van der Waals surface area contributed by atoms with Crippen LogP contribution in [0.2, 0.25) is 0 Å². The van der Waals surface area contributed by atoms with Crippen molar-refractivity contribution in [3.8, 4) is 0 Å². The molecule has 0 aliphatic carbocycles. The number of anilines is 1. The van der Waals surface area contributed by atoms with Crippen molar-refractivity contribution in [2.75, 3.05) is 18.4 Å². The maximum atomic E-state index is 12.9. The zero-order valence-electron chi connectivity index (χ0n) is 19.5. The summed E-state index contributed by atoms with van der Waals surface area (Å²) >= 11 is 0. The van der Waals surface area contributed by atoms with Crippen LogP contribution in [0.1, 0.15) is 55.1 Å². The summed E-state index contributed by atoms with van der Waals surface area (Å²) < 4.78 is 44.0. The Balaban J connectivity index is 1.46. The van der Waals surface area contributed by atoms with Crippen LogP contribution < -0.4 is 10.6 Å². The summed E-state index contributed by atoms with van der Waals surface area (Å²) in [5.74, 6) is -0.208. The third-order valence-corrected chi connectivity index (χ3v) is 5.38. The number of ether oxygens (including phenoxy) is 1. The molecule has 1 saturated heterocycles. The number of halogens is 3. The predicted molar refractivity (Wildman–Crippen MR) is 124 cm³/mol. The Morgan fingerprint density at radius 3 is 2.26 bits per heavy atom. The van der Waals surface area contributed by atoms with Crippen molar-refractivity contribution in [2.24, 2.45) is 0 Å². The van der Waals surface area contributed by atoms with E-state index in [0.717, 1.165) is 6.07 Å². The van der Waals surface area contributed by atoms with E-state index in [1.54, 1.807) is 51.1 Å². The summed E-state index contributed by atoms with van der Waals surface area (Å²) in [6.07, 6.45) is -3.50. The Hall–Kier alpha value is -3.07. The smallest absolute Gasteiger partial charge is 0.416 e. The highest BCUT2D eigenvalue weighted by Gasteiger charge is 2.30. The van der Waals surface area contributed by atoms with Gasteiger partial charge in [-0.15, -0.1) is 0 Å². The van der Waals surface area contributed by atoms with E-state index in [-0.39, 0.29) is 11.9 Å². The molecular weight excluding hydrogens is 447 g/mol. The van der Waals surface area contributed by atoms with E-state index >= 15 is 0 Å². The highest BCUT2D eigenvalue weighted by Crippen LogP contribution is 2.30. The van der Waals surface area contributed by atoms with Gasteiger partial charge in [0.05, 0.1) is 5.56 Å². The first kappa shape index (κ1) is 25.6. The highest BCUT2D eigenvalue weighted by molar-refractivity contribution is 5.95. The molecule has 3 rings (SSSR count). The van der Waals surface area contributed by atoms with Crippen LogP contribution in [0.25, 0.3) is 0 Å². The van der Waals surface area contributed by atoms with Gasteiger partial charge < -0.3 is 10.1 Å². The maximum Gasteiger partial charge on any atom is 0.416 e. The zero-order valence-corrected chi connectivity index (χ0v) is 19.5. The zero-order chi connectivity index (χ0) is 24.9. The summed E-state index contributed by atoms with van der Waals surface area (Å²) in [6, 6.07) is 11.9. The van der Waals surface area contributed by atoms with Crippen molar-refractivity contribution in [3.05, 3.63) is 65.2 Å². The number of hydrogen-bond donors (Lipinski definition) is 2. The van der Waals surface area contributed by atoms with Gasteiger partial charge in [0.25, 0.3) is 5.91 Å². The molecular formula is C25H30F3N3O3. The summed E-state index contributed by atoms with van der Waals surface area (Å²) in [4.78, 5) is 26.5. The van der Waals surface area contributed by atoms with Gasteiger partial charge in [-0.25, -0.2) is 4.79 Å². The molecule has 2 aromatic rings. The number of piperidine rings is 1. The molecule has 0 spiro atoms. The molecule has 1 aliphatic rings. The number of hydrogen-bond acceptors (Lipinski definition) is 4. The van der Waals surface area contributed by atoms with Gasteiger partial charge in [0.15, 0.2) is 0 Å². The van der Waals surface area contributed by atoms with E-state index in [1.165, 1.54) is 12.1 Å².